The predicted octanol–water partition coefficient (Wildman–Crippen LogP) is 0.715. The van der Waals surface area contributed by atoms with Crippen LogP contribution in [0.4, 0.5) is 5.69 Å². The third-order valence-electron chi connectivity index (χ3n) is 4.30. The number of hydrogen-bond donors (Lipinski definition) is 3. The molecule has 0 spiro atoms. The van der Waals surface area contributed by atoms with Crippen LogP contribution in [0.3, 0.4) is 0 Å². The molecule has 9 nitrogen and oxygen atoms in total. The molecule has 0 aliphatic carbocycles. The Morgan fingerprint density at radius 2 is 1.93 bits per heavy atom. The quantitative estimate of drug-likeness (QED) is 0.546. The molecule has 0 saturated heterocycles. The fourth-order valence-corrected chi connectivity index (χ4v) is 2.75. The van der Waals surface area contributed by atoms with Gasteiger partial charge in [-0.3, -0.25) is 14.6 Å². The Hall–Kier alpha value is -3.17. The summed E-state index contributed by atoms with van der Waals surface area (Å²) < 4.78 is 1.57. The normalized spacial score (nSPS) is 11.6. The first kappa shape index (κ1) is 18.6. The van der Waals surface area contributed by atoms with Crippen LogP contribution in [0.15, 0.2) is 37.2 Å². The van der Waals surface area contributed by atoms with Crippen molar-refractivity contribution in [1.29, 1.82) is 0 Å². The maximum atomic E-state index is 13.1. The van der Waals surface area contributed by atoms with Crippen molar-refractivity contribution in [3.8, 4) is 0 Å². The van der Waals surface area contributed by atoms with Crippen molar-refractivity contribution in [3.63, 3.8) is 0 Å². The standard InChI is InChI=1S/C18H19N5O4/c1-11(26)22-13-3-12(4-19-5-13)16(27)15-7-23(18(2,8-24)9-25)17-14(15)6-20-10-21-17/h3-7,10,24-25H,8-9H2,1-2H3,(H,22,26). The molecular formula is C18H19N5O4. The lowest BCUT2D eigenvalue weighted by Gasteiger charge is -2.27. The molecular weight excluding hydrogens is 350 g/mol. The first-order chi connectivity index (χ1) is 12.9. The summed E-state index contributed by atoms with van der Waals surface area (Å²) in [6.07, 6.45) is 7.23. The van der Waals surface area contributed by atoms with E-state index in [1.165, 1.54) is 37.9 Å². The van der Waals surface area contributed by atoms with Gasteiger partial charge >= 0.3 is 0 Å². The van der Waals surface area contributed by atoms with E-state index in [2.05, 4.69) is 20.3 Å². The van der Waals surface area contributed by atoms with E-state index in [-0.39, 0.29) is 30.5 Å². The van der Waals surface area contributed by atoms with Gasteiger partial charge in [-0.15, -0.1) is 0 Å². The van der Waals surface area contributed by atoms with Crippen LogP contribution >= 0.6 is 0 Å². The van der Waals surface area contributed by atoms with Gasteiger partial charge in [-0.05, 0) is 13.0 Å². The molecule has 0 aromatic carbocycles. The Bertz CT molecular complexity index is 1010. The smallest absolute Gasteiger partial charge is 0.221 e. The molecule has 1 amide bonds. The molecule has 0 bridgehead atoms. The van der Waals surface area contributed by atoms with Gasteiger partial charge in [-0.1, -0.05) is 0 Å². The summed E-state index contributed by atoms with van der Waals surface area (Å²) in [5.41, 5.74) is 0.370. The molecule has 0 saturated carbocycles. The number of nitrogens with one attached hydrogen (secondary N) is 1. The van der Waals surface area contributed by atoms with Gasteiger partial charge < -0.3 is 20.1 Å². The number of nitrogens with zero attached hydrogens (tertiary/aromatic N) is 4. The largest absolute Gasteiger partial charge is 0.394 e. The van der Waals surface area contributed by atoms with E-state index >= 15 is 0 Å². The average molecular weight is 369 g/mol. The van der Waals surface area contributed by atoms with Gasteiger partial charge in [0.15, 0.2) is 5.78 Å². The SMILES string of the molecule is CC(=O)Nc1cncc(C(=O)c2cn(C(C)(CO)CO)c3ncncc23)c1. The van der Waals surface area contributed by atoms with Gasteiger partial charge in [0, 0.05) is 36.5 Å². The summed E-state index contributed by atoms with van der Waals surface area (Å²) in [5.74, 6) is -0.612. The molecule has 0 radical (unpaired) electrons. The number of hydrogen-bond acceptors (Lipinski definition) is 7. The van der Waals surface area contributed by atoms with Crippen molar-refractivity contribution < 1.29 is 19.8 Å². The number of fused-ring (bicyclic) bond motifs is 1. The van der Waals surface area contributed by atoms with Crippen molar-refractivity contribution in [2.24, 2.45) is 0 Å². The third-order valence-corrected chi connectivity index (χ3v) is 4.30. The molecule has 27 heavy (non-hydrogen) atoms. The molecule has 3 heterocycles. The van der Waals surface area contributed by atoms with Crippen LogP contribution < -0.4 is 5.32 Å². The van der Waals surface area contributed by atoms with Crippen LogP contribution in [0.1, 0.15) is 29.8 Å². The van der Waals surface area contributed by atoms with Crippen LogP contribution in [0.2, 0.25) is 0 Å². The molecule has 0 aliphatic heterocycles. The molecule has 9 heteroatoms. The summed E-state index contributed by atoms with van der Waals surface area (Å²) in [7, 11) is 0. The van der Waals surface area contributed by atoms with E-state index in [9.17, 15) is 19.8 Å². The second kappa shape index (κ2) is 7.22. The maximum Gasteiger partial charge on any atom is 0.221 e. The van der Waals surface area contributed by atoms with E-state index in [1.54, 1.807) is 17.7 Å². The van der Waals surface area contributed by atoms with Crippen LogP contribution in [-0.2, 0) is 10.3 Å². The average Bonchev–Trinajstić information content (AvgIpc) is 3.07. The zero-order valence-electron chi connectivity index (χ0n) is 14.9. The van der Waals surface area contributed by atoms with E-state index in [0.29, 0.717) is 22.3 Å². The van der Waals surface area contributed by atoms with Crippen LogP contribution in [0.25, 0.3) is 11.0 Å². The summed E-state index contributed by atoms with van der Waals surface area (Å²) in [5, 5.41) is 22.5. The van der Waals surface area contributed by atoms with Crippen molar-refractivity contribution in [3.05, 3.63) is 48.3 Å². The van der Waals surface area contributed by atoms with E-state index < -0.39 is 5.54 Å². The van der Waals surface area contributed by atoms with Crippen LogP contribution in [0, 0.1) is 0 Å². The molecule has 3 aromatic rings. The highest BCUT2D eigenvalue weighted by molar-refractivity contribution is 6.16. The molecule has 3 rings (SSSR count). The van der Waals surface area contributed by atoms with Crippen molar-refractivity contribution >= 4 is 28.4 Å². The number of rotatable bonds is 6. The van der Waals surface area contributed by atoms with Gasteiger partial charge in [-0.25, -0.2) is 9.97 Å². The summed E-state index contributed by atoms with van der Waals surface area (Å²) in [4.78, 5) is 36.5. The summed E-state index contributed by atoms with van der Waals surface area (Å²) in [6, 6.07) is 1.53. The van der Waals surface area contributed by atoms with Crippen LogP contribution in [-0.4, -0.2) is 54.6 Å². The predicted molar refractivity (Wildman–Crippen MR) is 97.3 cm³/mol. The maximum absolute atomic E-state index is 13.1. The minimum Gasteiger partial charge on any atom is -0.394 e. The van der Waals surface area contributed by atoms with E-state index in [4.69, 9.17) is 0 Å². The third kappa shape index (κ3) is 3.42. The molecule has 0 aliphatic rings. The summed E-state index contributed by atoms with van der Waals surface area (Å²) in [6.45, 7) is 2.33. The summed E-state index contributed by atoms with van der Waals surface area (Å²) >= 11 is 0. The number of aromatic nitrogens is 4. The number of aliphatic hydroxyl groups excluding tert-OH is 2. The molecule has 0 fully saturated rings. The van der Waals surface area contributed by atoms with Gasteiger partial charge in [0.2, 0.25) is 5.91 Å². The number of ketones is 1. The van der Waals surface area contributed by atoms with Crippen molar-refractivity contribution in [2.45, 2.75) is 19.4 Å². The van der Waals surface area contributed by atoms with E-state index in [0.717, 1.165) is 0 Å². The topological polar surface area (TPSA) is 130 Å². The molecule has 140 valence electrons. The van der Waals surface area contributed by atoms with Gasteiger partial charge in [0.25, 0.3) is 0 Å². The van der Waals surface area contributed by atoms with Gasteiger partial charge in [0.1, 0.15) is 12.0 Å². The Kier molecular flexibility index (Phi) is 4.98. The first-order valence-electron chi connectivity index (χ1n) is 8.20. The zero-order valence-corrected chi connectivity index (χ0v) is 14.9. The number of carbonyl (C=O) groups excluding carboxylic acids is 2. The lowest BCUT2D eigenvalue weighted by molar-refractivity contribution is -0.114. The minimum atomic E-state index is -1.04. The number of anilines is 1. The second-order valence-corrected chi connectivity index (χ2v) is 6.46. The fourth-order valence-electron chi connectivity index (χ4n) is 2.75. The van der Waals surface area contributed by atoms with Crippen molar-refractivity contribution in [1.82, 2.24) is 19.5 Å². The number of pyridine rings is 1. The first-order valence-corrected chi connectivity index (χ1v) is 8.20. The lowest BCUT2D eigenvalue weighted by Crippen LogP contribution is -2.37. The molecule has 0 unspecified atom stereocenters. The number of carbonyl (C=O) groups is 2. The van der Waals surface area contributed by atoms with Gasteiger partial charge in [0.05, 0.1) is 36.2 Å². The Balaban J connectivity index is 2.12. The minimum absolute atomic E-state index is 0.270. The highest BCUT2D eigenvalue weighted by Gasteiger charge is 2.29. The van der Waals surface area contributed by atoms with E-state index in [1.807, 2.05) is 0 Å². The Morgan fingerprint density at radius 3 is 2.59 bits per heavy atom. The highest BCUT2D eigenvalue weighted by atomic mass is 16.3. The monoisotopic (exact) mass is 369 g/mol. The second-order valence-electron chi connectivity index (χ2n) is 6.46. The molecule has 3 N–H and O–H groups in total. The van der Waals surface area contributed by atoms with Crippen molar-refractivity contribution in [2.75, 3.05) is 18.5 Å². The Labute approximate surface area is 154 Å². The number of amides is 1. The molecule has 3 aromatic heterocycles. The highest BCUT2D eigenvalue weighted by Crippen LogP contribution is 2.27. The fraction of sp³-hybridized carbons (Fsp3) is 0.278. The molecule has 0 atom stereocenters. The zero-order chi connectivity index (χ0) is 19.6. The Morgan fingerprint density at radius 1 is 1.19 bits per heavy atom. The lowest BCUT2D eigenvalue weighted by atomic mass is 10.0. The van der Waals surface area contributed by atoms with Crippen LogP contribution in [0.5, 0.6) is 0 Å². The number of aliphatic hydroxyl groups is 2. The van der Waals surface area contributed by atoms with Gasteiger partial charge in [-0.2, -0.15) is 0 Å².